The second kappa shape index (κ2) is 8.53. The number of anilines is 3. The molecule has 8 nitrogen and oxygen atoms in total. The van der Waals surface area contributed by atoms with Gasteiger partial charge in [-0.25, -0.2) is 9.29 Å². The largest absolute Gasteiger partial charge is 0.391 e. The van der Waals surface area contributed by atoms with E-state index >= 15 is 0 Å². The molecule has 0 radical (unpaired) electrons. The van der Waals surface area contributed by atoms with Crippen LogP contribution in [0.4, 0.5) is 17.5 Å². The molecule has 0 aromatic carbocycles. The zero-order valence-electron chi connectivity index (χ0n) is 17.0. The molecule has 0 spiro atoms. The van der Waals surface area contributed by atoms with Crippen LogP contribution in [0.15, 0.2) is 18.6 Å². The topological polar surface area (TPSA) is 91.1 Å². The summed E-state index contributed by atoms with van der Waals surface area (Å²) >= 11 is 8.46. The van der Waals surface area contributed by atoms with Gasteiger partial charge >= 0.3 is 0 Å². The van der Waals surface area contributed by atoms with Crippen LogP contribution in [-0.2, 0) is 6.54 Å². The standard InChI is InChI=1S/C20H28ClN7OS/c1-12(29)8-27-11-16(6-23-27)25-20-22-7-18(21)19(26-20)24-15-4-13-9-28(10-14(13)5-15)30-17-2-3-17/h6-7,11-15,17,29H,2-5,8-10H2,1H3,(H2,22,24,25,26). The first-order valence-corrected chi connectivity index (χ1v) is 11.9. The summed E-state index contributed by atoms with van der Waals surface area (Å²) in [5.41, 5.74) is 0.771. The highest BCUT2D eigenvalue weighted by Crippen LogP contribution is 2.45. The molecular formula is C20H28ClN7OS. The van der Waals surface area contributed by atoms with Gasteiger partial charge in [0, 0.05) is 30.6 Å². The highest BCUT2D eigenvalue weighted by molar-refractivity contribution is 7.97. The first-order valence-electron chi connectivity index (χ1n) is 10.7. The van der Waals surface area contributed by atoms with Crippen LogP contribution in [0.1, 0.15) is 32.6 Å². The van der Waals surface area contributed by atoms with Crippen molar-refractivity contribution in [1.29, 1.82) is 0 Å². The maximum atomic E-state index is 9.49. The Labute approximate surface area is 185 Å². The zero-order chi connectivity index (χ0) is 20.7. The average Bonchev–Trinajstić information content (AvgIpc) is 3.07. The van der Waals surface area contributed by atoms with E-state index in [0.717, 1.165) is 22.8 Å². The van der Waals surface area contributed by atoms with Crippen molar-refractivity contribution < 1.29 is 5.11 Å². The summed E-state index contributed by atoms with van der Waals surface area (Å²) < 4.78 is 4.28. The summed E-state index contributed by atoms with van der Waals surface area (Å²) in [5.74, 6) is 2.70. The van der Waals surface area contributed by atoms with E-state index in [-0.39, 0.29) is 0 Å². The van der Waals surface area contributed by atoms with Crippen LogP contribution in [0, 0.1) is 11.8 Å². The van der Waals surface area contributed by atoms with Gasteiger partial charge in [-0.05, 0) is 44.4 Å². The predicted octanol–water partition coefficient (Wildman–Crippen LogP) is 3.38. The second-order valence-corrected chi connectivity index (χ2v) is 10.6. The molecular weight excluding hydrogens is 422 g/mol. The third kappa shape index (κ3) is 4.85. The molecule has 1 aliphatic heterocycles. The Hall–Kier alpha value is -1.55. The smallest absolute Gasteiger partial charge is 0.229 e. The summed E-state index contributed by atoms with van der Waals surface area (Å²) in [6.45, 7) is 4.60. The minimum atomic E-state index is -0.453. The summed E-state index contributed by atoms with van der Waals surface area (Å²) in [6, 6.07) is 0.405. The van der Waals surface area contributed by atoms with Gasteiger partial charge in [0.25, 0.3) is 0 Å². The first kappa shape index (κ1) is 20.4. The van der Waals surface area contributed by atoms with Crippen molar-refractivity contribution in [2.24, 2.45) is 11.8 Å². The van der Waals surface area contributed by atoms with E-state index in [1.807, 2.05) is 6.20 Å². The normalized spacial score (nSPS) is 27.2. The highest BCUT2D eigenvalue weighted by Gasteiger charge is 2.42. The van der Waals surface area contributed by atoms with Gasteiger partial charge in [0.15, 0.2) is 5.82 Å². The molecule has 5 rings (SSSR count). The average molecular weight is 450 g/mol. The van der Waals surface area contributed by atoms with E-state index < -0.39 is 6.10 Å². The van der Waals surface area contributed by atoms with Gasteiger partial charge in [-0.2, -0.15) is 10.1 Å². The molecule has 1 saturated heterocycles. The maximum Gasteiger partial charge on any atom is 0.229 e. The predicted molar refractivity (Wildman–Crippen MR) is 120 cm³/mol. The number of aromatic nitrogens is 4. The van der Waals surface area contributed by atoms with Crippen molar-refractivity contribution in [2.45, 2.75) is 56.5 Å². The number of halogens is 1. The van der Waals surface area contributed by atoms with E-state index in [1.165, 1.54) is 38.8 Å². The number of nitrogens with zero attached hydrogens (tertiary/aromatic N) is 5. The molecule has 10 heteroatoms. The van der Waals surface area contributed by atoms with Gasteiger partial charge in [0.05, 0.1) is 30.7 Å². The maximum absolute atomic E-state index is 9.49. The summed E-state index contributed by atoms with van der Waals surface area (Å²) in [7, 11) is 0. The van der Waals surface area contributed by atoms with Gasteiger partial charge in [-0.15, -0.1) is 0 Å². The number of fused-ring (bicyclic) bond motifs is 1. The molecule has 2 saturated carbocycles. The third-order valence-corrected chi connectivity index (χ3v) is 7.61. The lowest BCUT2D eigenvalue weighted by atomic mass is 10.0. The van der Waals surface area contributed by atoms with E-state index in [1.54, 1.807) is 24.0 Å². The van der Waals surface area contributed by atoms with Crippen molar-refractivity contribution in [3.05, 3.63) is 23.6 Å². The minimum Gasteiger partial charge on any atom is -0.391 e. The molecule has 3 aliphatic rings. The summed E-state index contributed by atoms with van der Waals surface area (Å²) in [6.07, 6.45) is 9.81. The lowest BCUT2D eigenvalue weighted by molar-refractivity contribution is 0.168. The molecule has 2 aromatic rings. The molecule has 2 aliphatic carbocycles. The van der Waals surface area contributed by atoms with Crippen LogP contribution in [0.2, 0.25) is 5.02 Å². The molecule has 3 atom stereocenters. The van der Waals surface area contributed by atoms with Crippen LogP contribution in [0.3, 0.4) is 0 Å². The molecule has 162 valence electrons. The highest BCUT2D eigenvalue weighted by atomic mass is 35.5. The number of aliphatic hydroxyl groups is 1. The van der Waals surface area contributed by atoms with Gasteiger partial charge in [-0.3, -0.25) is 4.68 Å². The zero-order valence-corrected chi connectivity index (χ0v) is 18.6. The molecule has 30 heavy (non-hydrogen) atoms. The summed E-state index contributed by atoms with van der Waals surface area (Å²) in [5, 5.41) is 21.9. The first-order chi connectivity index (χ1) is 14.5. The Kier molecular flexibility index (Phi) is 5.79. The quantitative estimate of drug-likeness (QED) is 0.528. The Bertz CT molecular complexity index is 876. The molecule has 3 N–H and O–H groups in total. The van der Waals surface area contributed by atoms with Crippen LogP contribution >= 0.6 is 23.5 Å². The molecule has 3 heterocycles. The number of aliphatic hydroxyl groups excluding tert-OH is 1. The van der Waals surface area contributed by atoms with Crippen molar-refractivity contribution >= 4 is 41.0 Å². The number of hydrogen-bond acceptors (Lipinski definition) is 8. The van der Waals surface area contributed by atoms with Gasteiger partial charge in [0.1, 0.15) is 5.02 Å². The van der Waals surface area contributed by atoms with Crippen LogP contribution < -0.4 is 10.6 Å². The van der Waals surface area contributed by atoms with Gasteiger partial charge in [0.2, 0.25) is 5.95 Å². The van der Waals surface area contributed by atoms with Crippen molar-refractivity contribution in [2.75, 3.05) is 23.7 Å². The number of rotatable bonds is 8. The fourth-order valence-electron chi connectivity index (χ4n) is 4.49. The van der Waals surface area contributed by atoms with Gasteiger partial charge in [-0.1, -0.05) is 23.5 Å². The Morgan fingerprint density at radius 2 is 2.03 bits per heavy atom. The SMILES string of the molecule is CC(O)Cn1cc(Nc2ncc(Cl)c(NC3CC4CN(SC5CC5)CC4C3)n2)cn1. The van der Waals surface area contributed by atoms with Crippen LogP contribution in [-0.4, -0.2) is 59.6 Å². The van der Waals surface area contributed by atoms with Crippen LogP contribution in [0.5, 0.6) is 0 Å². The van der Waals surface area contributed by atoms with E-state index in [4.69, 9.17) is 11.6 Å². The fourth-order valence-corrected chi connectivity index (χ4v) is 5.96. The van der Waals surface area contributed by atoms with E-state index in [9.17, 15) is 5.11 Å². The lowest BCUT2D eigenvalue weighted by Crippen LogP contribution is -2.22. The van der Waals surface area contributed by atoms with Crippen LogP contribution in [0.25, 0.3) is 0 Å². The van der Waals surface area contributed by atoms with Crippen molar-refractivity contribution in [3.63, 3.8) is 0 Å². The minimum absolute atomic E-state index is 0.405. The molecule has 0 bridgehead atoms. The lowest BCUT2D eigenvalue weighted by Gasteiger charge is -2.19. The van der Waals surface area contributed by atoms with Crippen molar-refractivity contribution in [3.8, 4) is 0 Å². The van der Waals surface area contributed by atoms with Crippen molar-refractivity contribution in [1.82, 2.24) is 24.1 Å². The van der Waals surface area contributed by atoms with E-state index in [2.05, 4.69) is 42.0 Å². The molecule has 3 unspecified atom stereocenters. The Morgan fingerprint density at radius 1 is 1.27 bits per heavy atom. The van der Waals surface area contributed by atoms with Gasteiger partial charge < -0.3 is 15.7 Å². The summed E-state index contributed by atoms with van der Waals surface area (Å²) in [4.78, 5) is 8.88. The fraction of sp³-hybridized carbons (Fsp3) is 0.650. The number of hydrogen-bond donors (Lipinski definition) is 3. The molecule has 2 aromatic heterocycles. The molecule has 3 fully saturated rings. The van der Waals surface area contributed by atoms with E-state index in [0.29, 0.717) is 29.4 Å². The Balaban J connectivity index is 1.18. The second-order valence-electron chi connectivity index (χ2n) is 8.80. The Morgan fingerprint density at radius 3 is 2.73 bits per heavy atom. The number of nitrogens with one attached hydrogen (secondary N) is 2. The third-order valence-electron chi connectivity index (χ3n) is 5.97. The monoisotopic (exact) mass is 449 g/mol. The molecule has 0 amide bonds.